The Kier molecular flexibility index (Phi) is 3.57. The standard InChI is InChI=1S/C10H14ClN/c1-12(2)10(8-11)9-6-4-3-5-7-9/h3-7,10H,8H2,1-2H3. The maximum absolute atomic E-state index is 5.86. The van der Waals surface area contributed by atoms with Gasteiger partial charge in [0.15, 0.2) is 0 Å². The van der Waals surface area contributed by atoms with E-state index in [-0.39, 0.29) is 0 Å². The van der Waals surface area contributed by atoms with E-state index in [1.807, 2.05) is 32.3 Å². The molecule has 0 aliphatic heterocycles. The van der Waals surface area contributed by atoms with E-state index >= 15 is 0 Å². The molecule has 0 aromatic heterocycles. The summed E-state index contributed by atoms with van der Waals surface area (Å²) in [5.74, 6) is 0.636. The second-order valence-corrected chi connectivity index (χ2v) is 3.35. The summed E-state index contributed by atoms with van der Waals surface area (Å²) < 4.78 is 0. The fourth-order valence-electron chi connectivity index (χ4n) is 1.20. The van der Waals surface area contributed by atoms with E-state index in [9.17, 15) is 0 Å². The molecule has 0 radical (unpaired) electrons. The molecule has 0 bridgehead atoms. The van der Waals surface area contributed by atoms with Crippen LogP contribution >= 0.6 is 11.6 Å². The lowest BCUT2D eigenvalue weighted by Gasteiger charge is -2.21. The van der Waals surface area contributed by atoms with Crippen molar-refractivity contribution in [2.75, 3.05) is 20.0 Å². The van der Waals surface area contributed by atoms with Gasteiger partial charge < -0.3 is 4.90 Å². The highest BCUT2D eigenvalue weighted by Gasteiger charge is 2.10. The smallest absolute Gasteiger partial charge is 0.0477 e. The first-order valence-corrected chi connectivity index (χ1v) is 4.56. The third kappa shape index (κ3) is 2.23. The van der Waals surface area contributed by atoms with Gasteiger partial charge in [0.2, 0.25) is 0 Å². The Balaban J connectivity index is 2.80. The Bertz CT molecular complexity index is 221. The highest BCUT2D eigenvalue weighted by Crippen LogP contribution is 2.18. The average Bonchev–Trinajstić information content (AvgIpc) is 2.07. The Labute approximate surface area is 79.0 Å². The number of hydrogen-bond donors (Lipinski definition) is 0. The van der Waals surface area contributed by atoms with Crippen molar-refractivity contribution < 1.29 is 0 Å². The van der Waals surface area contributed by atoms with Crippen molar-refractivity contribution in [1.82, 2.24) is 4.90 Å². The highest BCUT2D eigenvalue weighted by molar-refractivity contribution is 6.18. The monoisotopic (exact) mass is 183 g/mol. The van der Waals surface area contributed by atoms with Crippen molar-refractivity contribution in [3.63, 3.8) is 0 Å². The zero-order valence-corrected chi connectivity index (χ0v) is 8.25. The topological polar surface area (TPSA) is 3.24 Å². The van der Waals surface area contributed by atoms with Gasteiger partial charge in [-0.2, -0.15) is 0 Å². The van der Waals surface area contributed by atoms with Crippen molar-refractivity contribution in [2.24, 2.45) is 0 Å². The molecule has 0 fully saturated rings. The number of benzene rings is 1. The van der Waals surface area contributed by atoms with E-state index in [1.54, 1.807) is 0 Å². The zero-order valence-electron chi connectivity index (χ0n) is 7.50. The van der Waals surface area contributed by atoms with Crippen molar-refractivity contribution >= 4 is 11.6 Å². The molecule has 0 heterocycles. The summed E-state index contributed by atoms with van der Waals surface area (Å²) in [5, 5.41) is 0. The van der Waals surface area contributed by atoms with Gasteiger partial charge in [-0.25, -0.2) is 0 Å². The van der Waals surface area contributed by atoms with Gasteiger partial charge in [-0.15, -0.1) is 11.6 Å². The molecule has 0 aliphatic rings. The molecule has 0 spiro atoms. The summed E-state index contributed by atoms with van der Waals surface area (Å²) in [6.45, 7) is 0. The molecule has 1 nitrogen and oxygen atoms in total. The summed E-state index contributed by atoms with van der Waals surface area (Å²) in [7, 11) is 4.08. The average molecular weight is 184 g/mol. The van der Waals surface area contributed by atoms with Crippen LogP contribution in [-0.4, -0.2) is 24.9 Å². The second-order valence-electron chi connectivity index (χ2n) is 3.04. The van der Waals surface area contributed by atoms with Crippen molar-refractivity contribution in [3.05, 3.63) is 35.9 Å². The molecule has 1 aromatic carbocycles. The molecular weight excluding hydrogens is 170 g/mol. The van der Waals surface area contributed by atoms with Crippen molar-refractivity contribution in [3.8, 4) is 0 Å². The molecule has 0 amide bonds. The molecule has 1 unspecified atom stereocenters. The minimum Gasteiger partial charge on any atom is -0.301 e. The number of hydrogen-bond acceptors (Lipinski definition) is 1. The fourth-order valence-corrected chi connectivity index (χ4v) is 1.65. The number of alkyl halides is 1. The fraction of sp³-hybridized carbons (Fsp3) is 0.400. The zero-order chi connectivity index (χ0) is 8.97. The largest absolute Gasteiger partial charge is 0.301 e. The van der Waals surface area contributed by atoms with Gasteiger partial charge in [0.05, 0.1) is 0 Å². The van der Waals surface area contributed by atoms with Crippen LogP contribution in [-0.2, 0) is 0 Å². The van der Waals surface area contributed by atoms with Crippen LogP contribution in [0.4, 0.5) is 0 Å². The molecule has 1 rings (SSSR count). The maximum atomic E-state index is 5.86. The first-order chi connectivity index (χ1) is 5.75. The summed E-state index contributed by atoms with van der Waals surface area (Å²) in [6, 6.07) is 10.6. The number of halogens is 1. The Morgan fingerprint density at radius 1 is 1.25 bits per heavy atom. The lowest BCUT2D eigenvalue weighted by Crippen LogP contribution is -2.21. The SMILES string of the molecule is CN(C)C(CCl)c1ccccc1. The quantitative estimate of drug-likeness (QED) is 0.651. The Morgan fingerprint density at radius 2 is 1.83 bits per heavy atom. The van der Waals surface area contributed by atoms with Gasteiger partial charge in [0, 0.05) is 11.9 Å². The molecule has 66 valence electrons. The summed E-state index contributed by atoms with van der Waals surface area (Å²) in [6.07, 6.45) is 0. The van der Waals surface area contributed by atoms with Crippen molar-refractivity contribution in [2.45, 2.75) is 6.04 Å². The predicted molar refractivity (Wildman–Crippen MR) is 53.6 cm³/mol. The summed E-state index contributed by atoms with van der Waals surface area (Å²) in [4.78, 5) is 2.13. The molecule has 12 heavy (non-hydrogen) atoms. The van der Waals surface area contributed by atoms with Gasteiger partial charge in [0.25, 0.3) is 0 Å². The van der Waals surface area contributed by atoms with Crippen LogP contribution in [0.1, 0.15) is 11.6 Å². The Morgan fingerprint density at radius 3 is 2.25 bits per heavy atom. The van der Waals surface area contributed by atoms with Crippen LogP contribution in [0.2, 0.25) is 0 Å². The molecule has 0 aliphatic carbocycles. The summed E-state index contributed by atoms with van der Waals surface area (Å²) in [5.41, 5.74) is 1.28. The first kappa shape index (κ1) is 9.56. The van der Waals surface area contributed by atoms with Crippen LogP contribution in [0.5, 0.6) is 0 Å². The van der Waals surface area contributed by atoms with Crippen LogP contribution in [0.25, 0.3) is 0 Å². The third-order valence-electron chi connectivity index (χ3n) is 1.95. The molecule has 1 atom stereocenters. The normalized spacial score (nSPS) is 13.3. The minimum atomic E-state index is 0.327. The van der Waals surface area contributed by atoms with Gasteiger partial charge in [-0.3, -0.25) is 0 Å². The van der Waals surface area contributed by atoms with Crippen LogP contribution in [0, 0.1) is 0 Å². The van der Waals surface area contributed by atoms with E-state index in [4.69, 9.17) is 11.6 Å². The van der Waals surface area contributed by atoms with Crippen LogP contribution in [0.15, 0.2) is 30.3 Å². The highest BCUT2D eigenvalue weighted by atomic mass is 35.5. The molecule has 1 aromatic rings. The molecule has 0 N–H and O–H groups in total. The third-order valence-corrected chi connectivity index (χ3v) is 2.25. The van der Waals surface area contributed by atoms with E-state index in [1.165, 1.54) is 5.56 Å². The van der Waals surface area contributed by atoms with Crippen LogP contribution < -0.4 is 0 Å². The van der Waals surface area contributed by atoms with Gasteiger partial charge in [-0.1, -0.05) is 30.3 Å². The van der Waals surface area contributed by atoms with E-state index in [0.29, 0.717) is 11.9 Å². The van der Waals surface area contributed by atoms with E-state index < -0.39 is 0 Å². The Hall–Kier alpha value is -0.530. The maximum Gasteiger partial charge on any atom is 0.0477 e. The summed E-state index contributed by atoms with van der Waals surface area (Å²) >= 11 is 5.86. The van der Waals surface area contributed by atoms with Gasteiger partial charge in [-0.05, 0) is 19.7 Å². The van der Waals surface area contributed by atoms with Crippen molar-refractivity contribution in [1.29, 1.82) is 0 Å². The minimum absolute atomic E-state index is 0.327. The second kappa shape index (κ2) is 4.48. The van der Waals surface area contributed by atoms with E-state index in [0.717, 1.165) is 0 Å². The first-order valence-electron chi connectivity index (χ1n) is 4.03. The molecule has 2 heteroatoms. The molecular formula is C10H14ClN. The number of rotatable bonds is 3. The van der Waals surface area contributed by atoms with Gasteiger partial charge in [0.1, 0.15) is 0 Å². The van der Waals surface area contributed by atoms with Gasteiger partial charge >= 0.3 is 0 Å². The molecule has 0 saturated heterocycles. The van der Waals surface area contributed by atoms with Crippen LogP contribution in [0.3, 0.4) is 0 Å². The predicted octanol–water partition coefficient (Wildman–Crippen LogP) is 2.53. The molecule has 0 saturated carbocycles. The lowest BCUT2D eigenvalue weighted by atomic mass is 10.1. The number of nitrogens with zero attached hydrogens (tertiary/aromatic N) is 1. The lowest BCUT2D eigenvalue weighted by molar-refractivity contribution is 0.324. The van der Waals surface area contributed by atoms with E-state index in [2.05, 4.69) is 17.0 Å².